The highest BCUT2D eigenvalue weighted by atomic mass is 19.4. The number of imidazole rings is 2. The number of nitrogens with one attached hydrogen (secondary N) is 4. The molecule has 4 heterocycles. The summed E-state index contributed by atoms with van der Waals surface area (Å²) in [5, 5.41) is 5.17. The van der Waals surface area contributed by atoms with Crippen LogP contribution in [0.1, 0.15) is 75.4 Å². The van der Waals surface area contributed by atoms with Crippen LogP contribution in [-0.4, -0.2) is 117 Å². The molecule has 18 heteroatoms. The van der Waals surface area contributed by atoms with Crippen LogP contribution in [0.3, 0.4) is 0 Å². The molecule has 2 aliphatic rings. The number of nitrogens with zero attached hydrogens (tertiary/aromatic N) is 5. The van der Waals surface area contributed by atoms with E-state index in [-0.39, 0.29) is 37.0 Å². The van der Waals surface area contributed by atoms with Crippen LogP contribution in [0.25, 0.3) is 22.5 Å². The number of alkyl carbamates (subject to hydrolysis) is 2. The third-order valence-corrected chi connectivity index (χ3v) is 10.7. The van der Waals surface area contributed by atoms with Gasteiger partial charge in [-0.25, -0.2) is 19.6 Å². The molecule has 0 aliphatic carbocycles. The lowest BCUT2D eigenvalue weighted by Gasteiger charge is -2.30. The number of hydrogen-bond acceptors (Lipinski definition) is 9. The van der Waals surface area contributed by atoms with Crippen LogP contribution >= 0.6 is 0 Å². The molecule has 61 heavy (non-hydrogen) atoms. The van der Waals surface area contributed by atoms with Crippen LogP contribution in [-0.2, 0) is 19.1 Å². The number of likely N-dealkylation sites (tertiary alicyclic amines) is 1. The number of ether oxygens (including phenoxy) is 2. The van der Waals surface area contributed by atoms with Crippen molar-refractivity contribution >= 4 is 24.0 Å². The second-order valence-electron chi connectivity index (χ2n) is 15.8. The zero-order valence-electron chi connectivity index (χ0n) is 34.8. The van der Waals surface area contributed by atoms with Crippen molar-refractivity contribution in [1.29, 1.82) is 0 Å². The Balaban J connectivity index is 1.11. The predicted octanol–water partition coefficient (Wildman–Crippen LogP) is 6.00. The molecule has 4 atom stereocenters. The van der Waals surface area contributed by atoms with Gasteiger partial charge < -0.3 is 39.9 Å². The maximum atomic E-state index is 13.7. The molecule has 2 aliphatic heterocycles. The number of amides is 4. The first-order valence-electron chi connectivity index (χ1n) is 20.0. The van der Waals surface area contributed by atoms with Crippen LogP contribution in [0.5, 0.6) is 0 Å². The molecule has 2 aromatic carbocycles. The fourth-order valence-corrected chi connectivity index (χ4v) is 7.53. The van der Waals surface area contributed by atoms with Crippen molar-refractivity contribution in [2.75, 3.05) is 40.5 Å². The second-order valence-corrected chi connectivity index (χ2v) is 15.8. The zero-order chi connectivity index (χ0) is 44.0. The SMILES string of the molecule is COC(=O)N[C@H](C(=O)N1CCC[C@H]1c1ncc(-c2ccc(C#Cc3ccc(-c4cnc([C@@H]5CN(CC(F)(F)F)CN5C(=O)[C@@H](NC(=O)OC)C(C)C)[nH]4)cc3)cc2)[nH]1)C(C)C. The number of aromatic nitrogens is 4. The molecule has 0 radical (unpaired) electrons. The van der Waals surface area contributed by atoms with Crippen molar-refractivity contribution in [2.45, 2.75) is 70.9 Å². The molecule has 0 spiro atoms. The third kappa shape index (κ3) is 10.7. The first kappa shape index (κ1) is 44.2. The summed E-state index contributed by atoms with van der Waals surface area (Å²) in [5.41, 5.74) is 4.58. The molecule has 2 fully saturated rings. The Kier molecular flexibility index (Phi) is 13.7. The van der Waals surface area contributed by atoms with Crippen molar-refractivity contribution in [2.24, 2.45) is 11.8 Å². The molecule has 4 amide bonds. The molecule has 324 valence electrons. The quantitative estimate of drug-likeness (QED) is 0.132. The Morgan fingerprint density at radius 1 is 0.754 bits per heavy atom. The summed E-state index contributed by atoms with van der Waals surface area (Å²) >= 11 is 0. The van der Waals surface area contributed by atoms with E-state index in [1.165, 1.54) is 19.1 Å². The van der Waals surface area contributed by atoms with E-state index in [2.05, 4.69) is 47.1 Å². The first-order chi connectivity index (χ1) is 29.0. The number of H-pyrrole nitrogens is 2. The number of methoxy groups -OCH3 is 2. The minimum atomic E-state index is -4.48. The van der Waals surface area contributed by atoms with Gasteiger partial charge in [-0.1, -0.05) is 63.8 Å². The van der Waals surface area contributed by atoms with Gasteiger partial charge in [-0.15, -0.1) is 0 Å². The topological polar surface area (TPSA) is 178 Å². The Hall–Kier alpha value is -6.35. The number of carbonyl (C=O) groups is 4. The molecular weight excluding hydrogens is 796 g/mol. The summed E-state index contributed by atoms with van der Waals surface area (Å²) in [4.78, 5) is 71.0. The van der Waals surface area contributed by atoms with E-state index >= 15 is 0 Å². The predicted molar refractivity (Wildman–Crippen MR) is 218 cm³/mol. The minimum absolute atomic E-state index is 0.112. The lowest BCUT2D eigenvalue weighted by atomic mass is 10.0. The Bertz CT molecular complexity index is 2240. The Morgan fingerprint density at radius 2 is 1.21 bits per heavy atom. The molecule has 0 saturated carbocycles. The van der Waals surface area contributed by atoms with Crippen molar-refractivity contribution in [3.05, 3.63) is 83.7 Å². The summed E-state index contributed by atoms with van der Waals surface area (Å²) in [6, 6.07) is 12.2. The number of alkyl halides is 3. The van der Waals surface area contributed by atoms with Gasteiger partial charge in [0.1, 0.15) is 29.8 Å². The summed E-state index contributed by atoms with van der Waals surface area (Å²) in [6.07, 6.45) is -1.08. The van der Waals surface area contributed by atoms with E-state index in [1.54, 1.807) is 31.1 Å². The van der Waals surface area contributed by atoms with Gasteiger partial charge >= 0.3 is 18.4 Å². The number of hydrogen-bond donors (Lipinski definition) is 4. The smallest absolute Gasteiger partial charge is 0.407 e. The fourth-order valence-electron chi connectivity index (χ4n) is 7.53. The normalized spacial score (nSPS) is 17.8. The maximum absolute atomic E-state index is 13.7. The van der Waals surface area contributed by atoms with Crippen molar-refractivity contribution < 1.29 is 41.8 Å². The average molecular weight is 846 g/mol. The standard InChI is InChI=1S/C43H50F3N9O6/c1-25(2)35(51-41(58)60-5)39(56)54-19-7-8-33(54)37-47-20-31(49-37)29-15-11-27(12-16-29)9-10-28-13-17-30(18-14-28)32-21-48-38(50-32)34-22-53(23-43(44,45)46)24-55(34)40(57)36(26(3)4)52-42(59)61-6/h11-18,20-21,25-26,33-36H,7-8,19,22-24H2,1-6H3,(H,47,49)(H,48,50)(H,51,58)(H,52,59)/t33-,34-,35-,36-/m0/s1. The molecule has 0 bridgehead atoms. The minimum Gasteiger partial charge on any atom is -0.453 e. The maximum Gasteiger partial charge on any atom is 0.407 e. The number of aromatic amines is 2. The molecule has 2 saturated heterocycles. The molecule has 0 unspecified atom stereocenters. The van der Waals surface area contributed by atoms with E-state index in [4.69, 9.17) is 4.74 Å². The summed E-state index contributed by atoms with van der Waals surface area (Å²) in [5.74, 6) is 6.11. The summed E-state index contributed by atoms with van der Waals surface area (Å²) in [7, 11) is 2.43. The van der Waals surface area contributed by atoms with Gasteiger partial charge in [-0.05, 0) is 60.1 Å². The number of carbonyl (C=O) groups excluding carboxylic acids is 4. The van der Waals surface area contributed by atoms with Crippen LogP contribution in [0.15, 0.2) is 60.9 Å². The molecule has 4 N–H and O–H groups in total. The first-order valence-corrected chi connectivity index (χ1v) is 20.0. The lowest BCUT2D eigenvalue weighted by Crippen LogP contribution is -2.51. The molecular formula is C43H50F3N9O6. The summed E-state index contributed by atoms with van der Waals surface area (Å²) in [6.45, 7) is 6.13. The van der Waals surface area contributed by atoms with Gasteiger partial charge in [0.2, 0.25) is 11.8 Å². The van der Waals surface area contributed by atoms with E-state index < -0.39 is 48.9 Å². The summed E-state index contributed by atoms with van der Waals surface area (Å²) < 4.78 is 49.7. The van der Waals surface area contributed by atoms with E-state index in [0.29, 0.717) is 23.9 Å². The zero-order valence-corrected chi connectivity index (χ0v) is 34.8. The largest absolute Gasteiger partial charge is 0.453 e. The average Bonchev–Trinajstić information content (AvgIpc) is 4.07. The van der Waals surface area contributed by atoms with E-state index in [9.17, 15) is 32.3 Å². The third-order valence-electron chi connectivity index (χ3n) is 10.7. The van der Waals surface area contributed by atoms with Crippen LogP contribution < -0.4 is 10.6 Å². The van der Waals surface area contributed by atoms with E-state index in [0.717, 1.165) is 45.7 Å². The monoisotopic (exact) mass is 845 g/mol. The molecule has 2 aromatic heterocycles. The Morgan fingerprint density at radius 3 is 1.66 bits per heavy atom. The van der Waals surface area contributed by atoms with Gasteiger partial charge in [0.25, 0.3) is 0 Å². The second kappa shape index (κ2) is 18.9. The number of rotatable bonds is 11. The Labute approximate surface area is 351 Å². The fraction of sp³-hybridized carbons (Fsp3) is 0.442. The highest BCUT2D eigenvalue weighted by Crippen LogP contribution is 2.34. The lowest BCUT2D eigenvalue weighted by molar-refractivity contribution is -0.148. The van der Waals surface area contributed by atoms with E-state index in [1.807, 2.05) is 62.4 Å². The van der Waals surface area contributed by atoms with Crippen molar-refractivity contribution in [3.8, 4) is 34.4 Å². The van der Waals surface area contributed by atoms with Gasteiger partial charge in [0.05, 0.1) is 57.3 Å². The number of halogens is 3. The van der Waals surface area contributed by atoms with Gasteiger partial charge in [0, 0.05) is 24.2 Å². The van der Waals surface area contributed by atoms with Crippen LogP contribution in [0, 0.1) is 23.7 Å². The van der Waals surface area contributed by atoms with Crippen molar-refractivity contribution in [1.82, 2.24) is 45.3 Å². The highest BCUT2D eigenvalue weighted by Gasteiger charge is 2.44. The van der Waals surface area contributed by atoms with Gasteiger partial charge in [0.15, 0.2) is 0 Å². The van der Waals surface area contributed by atoms with Gasteiger partial charge in [-0.2, -0.15) is 13.2 Å². The molecule has 4 aromatic rings. The van der Waals surface area contributed by atoms with Crippen molar-refractivity contribution in [3.63, 3.8) is 0 Å². The highest BCUT2D eigenvalue weighted by molar-refractivity contribution is 5.87. The number of benzene rings is 2. The molecule has 15 nitrogen and oxygen atoms in total. The molecule has 6 rings (SSSR count). The van der Waals surface area contributed by atoms with Gasteiger partial charge in [-0.3, -0.25) is 14.5 Å². The van der Waals surface area contributed by atoms with Crippen LogP contribution in [0.2, 0.25) is 0 Å². The van der Waals surface area contributed by atoms with Crippen LogP contribution in [0.4, 0.5) is 22.8 Å².